The summed E-state index contributed by atoms with van der Waals surface area (Å²) in [5.74, 6) is 0.915. The molecule has 6 heteroatoms. The minimum Gasteiger partial charge on any atom is -0.356 e. The largest absolute Gasteiger partial charge is 0.356 e. The number of H-pyrrole nitrogens is 1. The average molecular weight is 223 g/mol. The normalized spacial score (nSPS) is 19.9. The molecule has 0 saturated carbocycles. The Kier molecular flexibility index (Phi) is 3.87. The lowest BCUT2D eigenvalue weighted by atomic mass is 10.1. The van der Waals surface area contributed by atoms with E-state index in [4.69, 9.17) is 0 Å². The Morgan fingerprint density at radius 2 is 2.56 bits per heavy atom. The molecule has 1 aliphatic heterocycles. The van der Waals surface area contributed by atoms with Gasteiger partial charge in [-0.15, -0.1) is 0 Å². The van der Waals surface area contributed by atoms with Crippen LogP contribution in [0.15, 0.2) is 6.33 Å². The second kappa shape index (κ2) is 5.60. The fraction of sp³-hybridized carbons (Fsp3) is 0.700. The van der Waals surface area contributed by atoms with Gasteiger partial charge < -0.3 is 10.6 Å². The van der Waals surface area contributed by atoms with E-state index < -0.39 is 0 Å². The number of nitrogens with zero attached hydrogens (tertiary/aromatic N) is 2. The van der Waals surface area contributed by atoms with Crippen LogP contribution in [-0.2, 0) is 11.2 Å². The summed E-state index contributed by atoms with van der Waals surface area (Å²) in [6.07, 6.45) is 5.03. The van der Waals surface area contributed by atoms with E-state index >= 15 is 0 Å². The molecule has 3 N–H and O–H groups in total. The van der Waals surface area contributed by atoms with Gasteiger partial charge in [0.05, 0.1) is 0 Å². The lowest BCUT2D eigenvalue weighted by Crippen LogP contribution is -2.32. The third kappa shape index (κ3) is 3.30. The first-order valence-corrected chi connectivity index (χ1v) is 5.69. The molecule has 1 saturated heterocycles. The maximum atomic E-state index is 11.5. The molecule has 1 unspecified atom stereocenters. The molecule has 6 nitrogen and oxygen atoms in total. The zero-order valence-electron chi connectivity index (χ0n) is 9.20. The molecule has 1 atom stereocenters. The van der Waals surface area contributed by atoms with Crippen molar-refractivity contribution < 1.29 is 4.79 Å². The molecule has 2 rings (SSSR count). The van der Waals surface area contributed by atoms with E-state index in [0.29, 0.717) is 25.4 Å². The van der Waals surface area contributed by atoms with Crippen molar-refractivity contribution >= 4 is 5.91 Å². The Morgan fingerprint density at radius 1 is 1.62 bits per heavy atom. The van der Waals surface area contributed by atoms with Crippen LogP contribution in [0.5, 0.6) is 0 Å². The molecule has 16 heavy (non-hydrogen) atoms. The number of amides is 1. The van der Waals surface area contributed by atoms with Gasteiger partial charge in [0.15, 0.2) is 0 Å². The highest BCUT2D eigenvalue weighted by molar-refractivity contribution is 5.76. The molecule has 88 valence electrons. The van der Waals surface area contributed by atoms with Crippen molar-refractivity contribution in [3.05, 3.63) is 12.2 Å². The van der Waals surface area contributed by atoms with Crippen molar-refractivity contribution in [2.24, 2.45) is 0 Å². The molecule has 1 aromatic heterocycles. The van der Waals surface area contributed by atoms with E-state index in [-0.39, 0.29) is 5.91 Å². The van der Waals surface area contributed by atoms with Crippen LogP contribution < -0.4 is 10.6 Å². The molecule has 1 fully saturated rings. The number of rotatable bonds is 5. The van der Waals surface area contributed by atoms with Gasteiger partial charge in [-0.3, -0.25) is 9.89 Å². The highest BCUT2D eigenvalue weighted by atomic mass is 16.1. The van der Waals surface area contributed by atoms with Crippen LogP contribution in [0.3, 0.4) is 0 Å². The molecule has 0 spiro atoms. The van der Waals surface area contributed by atoms with Crippen molar-refractivity contribution in [1.82, 2.24) is 25.8 Å². The lowest BCUT2D eigenvalue weighted by molar-refractivity contribution is -0.121. The highest BCUT2D eigenvalue weighted by Crippen LogP contribution is 2.07. The highest BCUT2D eigenvalue weighted by Gasteiger charge is 2.17. The van der Waals surface area contributed by atoms with Gasteiger partial charge >= 0.3 is 0 Å². The van der Waals surface area contributed by atoms with Crippen LogP contribution in [0.25, 0.3) is 0 Å². The minimum absolute atomic E-state index is 0.110. The molecule has 1 amide bonds. The van der Waals surface area contributed by atoms with Crippen molar-refractivity contribution in [2.75, 3.05) is 13.1 Å². The summed E-state index contributed by atoms with van der Waals surface area (Å²) in [7, 11) is 0. The molecule has 1 aromatic rings. The number of nitrogens with one attached hydrogen (secondary N) is 3. The molecule has 0 bridgehead atoms. The number of aromatic amines is 1. The predicted molar refractivity (Wildman–Crippen MR) is 58.7 cm³/mol. The van der Waals surface area contributed by atoms with Crippen LogP contribution in [0.1, 0.15) is 25.1 Å². The lowest BCUT2D eigenvalue weighted by Gasteiger charge is -2.09. The smallest absolute Gasteiger partial charge is 0.221 e. The quantitative estimate of drug-likeness (QED) is 0.634. The van der Waals surface area contributed by atoms with Crippen LogP contribution in [0.4, 0.5) is 0 Å². The van der Waals surface area contributed by atoms with E-state index in [0.717, 1.165) is 18.8 Å². The molecular formula is C10H17N5O. The van der Waals surface area contributed by atoms with Crippen molar-refractivity contribution in [3.8, 4) is 0 Å². The predicted octanol–water partition coefficient (Wildman–Crippen LogP) is -0.394. The van der Waals surface area contributed by atoms with Gasteiger partial charge in [-0.25, -0.2) is 4.98 Å². The molecule has 0 aliphatic carbocycles. The van der Waals surface area contributed by atoms with E-state index in [1.807, 2.05) is 0 Å². The van der Waals surface area contributed by atoms with Gasteiger partial charge in [-0.2, -0.15) is 5.10 Å². The Hall–Kier alpha value is -1.43. The van der Waals surface area contributed by atoms with E-state index in [1.54, 1.807) is 0 Å². The summed E-state index contributed by atoms with van der Waals surface area (Å²) in [5.41, 5.74) is 0. The SMILES string of the molecule is O=C(CC1CCCN1)NCCc1ncn[nH]1. The first kappa shape index (κ1) is 11.1. The number of carbonyl (C=O) groups excluding carboxylic acids is 1. The first-order chi connectivity index (χ1) is 7.84. The summed E-state index contributed by atoms with van der Waals surface area (Å²) in [6, 6.07) is 0.366. The van der Waals surface area contributed by atoms with Gasteiger partial charge in [0.2, 0.25) is 5.91 Å². The Morgan fingerprint density at radius 3 is 3.25 bits per heavy atom. The Bertz CT molecular complexity index is 318. The average Bonchev–Trinajstić information content (AvgIpc) is 2.90. The topological polar surface area (TPSA) is 82.7 Å². The van der Waals surface area contributed by atoms with Gasteiger partial charge in [0, 0.05) is 25.4 Å². The van der Waals surface area contributed by atoms with Crippen molar-refractivity contribution in [1.29, 1.82) is 0 Å². The van der Waals surface area contributed by atoms with Gasteiger partial charge in [0.25, 0.3) is 0 Å². The Balaban J connectivity index is 1.60. The number of carbonyl (C=O) groups is 1. The molecule has 2 heterocycles. The molecular weight excluding hydrogens is 206 g/mol. The zero-order valence-corrected chi connectivity index (χ0v) is 9.20. The minimum atomic E-state index is 0.110. The van der Waals surface area contributed by atoms with Crippen LogP contribution in [-0.4, -0.2) is 40.2 Å². The summed E-state index contributed by atoms with van der Waals surface area (Å²) in [5, 5.41) is 12.7. The summed E-state index contributed by atoms with van der Waals surface area (Å²) in [6.45, 7) is 1.65. The van der Waals surface area contributed by atoms with Gasteiger partial charge in [-0.1, -0.05) is 0 Å². The van der Waals surface area contributed by atoms with E-state index in [2.05, 4.69) is 25.8 Å². The monoisotopic (exact) mass is 223 g/mol. The van der Waals surface area contributed by atoms with Gasteiger partial charge in [-0.05, 0) is 19.4 Å². The second-order valence-corrected chi connectivity index (χ2v) is 4.03. The summed E-state index contributed by atoms with van der Waals surface area (Å²) >= 11 is 0. The zero-order chi connectivity index (χ0) is 11.2. The van der Waals surface area contributed by atoms with Crippen LogP contribution >= 0.6 is 0 Å². The number of hydrogen-bond donors (Lipinski definition) is 3. The van der Waals surface area contributed by atoms with E-state index in [1.165, 1.54) is 12.7 Å². The van der Waals surface area contributed by atoms with Crippen molar-refractivity contribution in [2.45, 2.75) is 31.7 Å². The van der Waals surface area contributed by atoms with Crippen LogP contribution in [0.2, 0.25) is 0 Å². The standard InChI is InChI=1S/C10H17N5O/c16-10(6-8-2-1-4-11-8)12-5-3-9-13-7-14-15-9/h7-8,11H,1-6H2,(H,12,16)(H,13,14,15). The molecule has 1 aliphatic rings. The van der Waals surface area contributed by atoms with Crippen molar-refractivity contribution in [3.63, 3.8) is 0 Å². The molecule has 0 radical (unpaired) electrons. The summed E-state index contributed by atoms with van der Waals surface area (Å²) < 4.78 is 0. The first-order valence-electron chi connectivity index (χ1n) is 5.69. The van der Waals surface area contributed by atoms with Crippen LogP contribution in [0, 0.1) is 0 Å². The van der Waals surface area contributed by atoms with E-state index in [9.17, 15) is 4.79 Å². The van der Waals surface area contributed by atoms with Gasteiger partial charge in [0.1, 0.15) is 12.2 Å². The number of hydrogen-bond acceptors (Lipinski definition) is 4. The second-order valence-electron chi connectivity index (χ2n) is 4.03. The maximum Gasteiger partial charge on any atom is 0.221 e. The maximum absolute atomic E-state index is 11.5. The third-order valence-electron chi connectivity index (χ3n) is 2.74. The summed E-state index contributed by atoms with van der Waals surface area (Å²) in [4.78, 5) is 15.5. The number of aromatic nitrogens is 3. The molecule has 0 aromatic carbocycles. The Labute approximate surface area is 94.2 Å². The fourth-order valence-corrected chi connectivity index (χ4v) is 1.90. The third-order valence-corrected chi connectivity index (χ3v) is 2.74. The fourth-order valence-electron chi connectivity index (χ4n) is 1.90.